The molecular weight excluding hydrogens is 464 g/mol. The SMILES string of the molecule is COc1ccc(CNC(=O)c2cc(F)ccc2N2CCOCC2)cc1OP(=O)([O-])[O-].[Na+].[Na+]. The molecular formula is C19H20FN2Na2O7P. The minimum Gasteiger partial charge on any atom is -0.780 e. The Morgan fingerprint density at radius 2 is 1.84 bits per heavy atom. The second-order valence-corrected chi connectivity index (χ2v) is 7.54. The molecule has 0 bridgehead atoms. The summed E-state index contributed by atoms with van der Waals surface area (Å²) in [5.41, 5.74) is 1.22. The van der Waals surface area contributed by atoms with Crippen LogP contribution in [0.5, 0.6) is 11.5 Å². The van der Waals surface area contributed by atoms with Crippen molar-refractivity contribution < 1.29 is 96.6 Å². The Labute approximate surface area is 229 Å². The van der Waals surface area contributed by atoms with Crippen molar-refractivity contribution in [2.75, 3.05) is 38.3 Å². The van der Waals surface area contributed by atoms with Crippen molar-refractivity contribution in [3.05, 3.63) is 53.3 Å². The van der Waals surface area contributed by atoms with Crippen molar-refractivity contribution in [2.45, 2.75) is 6.54 Å². The van der Waals surface area contributed by atoms with Crippen molar-refractivity contribution in [1.29, 1.82) is 0 Å². The average Bonchev–Trinajstić information content (AvgIpc) is 2.71. The van der Waals surface area contributed by atoms with Gasteiger partial charge in [-0.15, -0.1) is 0 Å². The minimum absolute atomic E-state index is 0. The Hall–Kier alpha value is -0.650. The third-order valence-corrected chi connectivity index (χ3v) is 4.87. The predicted molar refractivity (Wildman–Crippen MR) is 102 cm³/mol. The largest absolute Gasteiger partial charge is 1.00 e. The molecule has 0 atom stereocenters. The van der Waals surface area contributed by atoms with Crippen LogP contribution in [0.25, 0.3) is 0 Å². The third-order valence-electron chi connectivity index (χ3n) is 4.45. The molecule has 0 aliphatic carbocycles. The Kier molecular flexibility index (Phi) is 12.2. The number of hydrogen-bond donors (Lipinski definition) is 1. The number of ether oxygens (including phenoxy) is 2. The predicted octanol–water partition coefficient (Wildman–Crippen LogP) is -5.18. The number of halogens is 1. The van der Waals surface area contributed by atoms with Crippen molar-refractivity contribution in [2.24, 2.45) is 0 Å². The number of anilines is 1. The molecule has 1 heterocycles. The van der Waals surface area contributed by atoms with Crippen molar-refractivity contribution in [1.82, 2.24) is 5.32 Å². The summed E-state index contributed by atoms with van der Waals surface area (Å²) in [7, 11) is -3.99. The zero-order valence-electron chi connectivity index (χ0n) is 18.1. The summed E-state index contributed by atoms with van der Waals surface area (Å²) in [5, 5.41) is 2.66. The van der Waals surface area contributed by atoms with Gasteiger partial charge in [0.05, 0.1) is 25.9 Å². The number of carbonyl (C=O) groups excluding carboxylic acids is 1. The van der Waals surface area contributed by atoms with E-state index in [1.165, 1.54) is 25.3 Å². The number of amides is 1. The molecule has 3 rings (SSSR count). The number of methoxy groups -OCH3 is 1. The van der Waals surface area contributed by atoms with Crippen LogP contribution in [-0.2, 0) is 15.8 Å². The van der Waals surface area contributed by atoms with Gasteiger partial charge in [-0.05, 0) is 35.9 Å². The zero-order valence-corrected chi connectivity index (χ0v) is 23.0. The van der Waals surface area contributed by atoms with Crippen LogP contribution in [0.3, 0.4) is 0 Å². The van der Waals surface area contributed by atoms with Crippen LogP contribution >= 0.6 is 7.82 Å². The van der Waals surface area contributed by atoms with Gasteiger partial charge in [0.1, 0.15) is 13.6 Å². The molecule has 1 amide bonds. The molecule has 1 aliphatic rings. The molecule has 32 heavy (non-hydrogen) atoms. The van der Waals surface area contributed by atoms with Gasteiger partial charge in [-0.1, -0.05) is 6.07 Å². The standard InChI is InChI=1S/C19H22FN2O7P.2Na/c1-27-17-5-2-13(10-18(17)29-30(24,25)26)12-21-19(23)15-11-14(20)3-4-16(15)22-6-8-28-9-7-22;;/h2-5,10-11H,6-9,12H2,1H3,(H,21,23)(H2,24,25,26);;/q;2*+1/p-2. The third kappa shape index (κ3) is 8.29. The number of rotatable bonds is 7. The molecule has 162 valence electrons. The van der Waals surface area contributed by atoms with Crippen LogP contribution in [0.2, 0.25) is 0 Å². The molecule has 0 unspecified atom stereocenters. The van der Waals surface area contributed by atoms with E-state index in [1.807, 2.05) is 4.90 Å². The maximum absolute atomic E-state index is 13.8. The maximum Gasteiger partial charge on any atom is 1.00 e. The first-order chi connectivity index (χ1) is 14.3. The van der Waals surface area contributed by atoms with Gasteiger partial charge in [-0.3, -0.25) is 4.79 Å². The van der Waals surface area contributed by atoms with E-state index in [1.54, 1.807) is 12.1 Å². The first kappa shape index (κ1) is 29.4. The Morgan fingerprint density at radius 3 is 2.47 bits per heavy atom. The van der Waals surface area contributed by atoms with Gasteiger partial charge in [-0.25, -0.2) is 4.39 Å². The van der Waals surface area contributed by atoms with Gasteiger partial charge < -0.3 is 38.6 Å². The van der Waals surface area contributed by atoms with Crippen LogP contribution in [0.15, 0.2) is 36.4 Å². The van der Waals surface area contributed by atoms with E-state index in [9.17, 15) is 23.5 Å². The van der Waals surface area contributed by atoms with E-state index in [0.29, 0.717) is 37.6 Å². The number of phosphoric acid groups is 1. The second kappa shape index (κ2) is 13.3. The van der Waals surface area contributed by atoms with E-state index >= 15 is 0 Å². The summed E-state index contributed by atoms with van der Waals surface area (Å²) < 4.78 is 39.4. The smallest absolute Gasteiger partial charge is 0.780 e. The van der Waals surface area contributed by atoms with Crippen molar-refractivity contribution in [3.8, 4) is 11.5 Å². The first-order valence-corrected chi connectivity index (χ1v) is 10.5. The fraction of sp³-hybridized carbons (Fsp3) is 0.316. The summed E-state index contributed by atoms with van der Waals surface area (Å²) in [6, 6.07) is 8.26. The molecule has 0 saturated carbocycles. The normalized spacial score (nSPS) is 13.4. The summed E-state index contributed by atoms with van der Waals surface area (Å²) in [4.78, 5) is 36.5. The van der Waals surface area contributed by atoms with Gasteiger partial charge in [0.2, 0.25) is 0 Å². The van der Waals surface area contributed by atoms with E-state index in [-0.39, 0.29) is 82.7 Å². The molecule has 1 aliphatic heterocycles. The number of hydrogen-bond acceptors (Lipinski definition) is 8. The van der Waals surface area contributed by atoms with Crippen LogP contribution in [0.1, 0.15) is 15.9 Å². The molecule has 0 radical (unpaired) electrons. The summed E-state index contributed by atoms with van der Waals surface area (Å²) in [6.07, 6.45) is 0. The fourth-order valence-electron chi connectivity index (χ4n) is 3.07. The van der Waals surface area contributed by atoms with Crippen molar-refractivity contribution >= 4 is 19.4 Å². The fourth-order valence-corrected chi connectivity index (χ4v) is 3.45. The summed E-state index contributed by atoms with van der Waals surface area (Å²) in [6.45, 7) is 2.16. The molecule has 1 saturated heterocycles. The van der Waals surface area contributed by atoms with Gasteiger partial charge >= 0.3 is 59.1 Å². The van der Waals surface area contributed by atoms with Crippen LogP contribution < -0.4 is 88.4 Å². The Morgan fingerprint density at radius 1 is 1.16 bits per heavy atom. The summed E-state index contributed by atoms with van der Waals surface area (Å²) >= 11 is 0. The number of phosphoric ester groups is 1. The number of carbonyl (C=O) groups is 1. The number of morpholine rings is 1. The van der Waals surface area contributed by atoms with E-state index < -0.39 is 19.5 Å². The Balaban J connectivity index is 0.00000256. The molecule has 13 heteroatoms. The van der Waals surface area contributed by atoms with Crippen LogP contribution in [0, 0.1) is 5.82 Å². The average molecular weight is 484 g/mol. The molecule has 0 spiro atoms. The van der Waals surface area contributed by atoms with Gasteiger partial charge in [0.25, 0.3) is 5.91 Å². The van der Waals surface area contributed by atoms with E-state index in [2.05, 4.69) is 9.84 Å². The maximum atomic E-state index is 13.8. The second-order valence-electron chi connectivity index (χ2n) is 6.47. The van der Waals surface area contributed by atoms with Gasteiger partial charge in [0.15, 0.2) is 11.5 Å². The monoisotopic (exact) mass is 484 g/mol. The zero-order chi connectivity index (χ0) is 21.7. The van der Waals surface area contributed by atoms with Crippen LogP contribution in [-0.4, -0.2) is 39.3 Å². The summed E-state index contributed by atoms with van der Waals surface area (Å²) in [5.74, 6) is -1.28. The van der Waals surface area contributed by atoms with E-state index in [4.69, 9.17) is 9.47 Å². The van der Waals surface area contributed by atoms with Crippen LogP contribution in [0.4, 0.5) is 10.1 Å². The molecule has 1 fully saturated rings. The topological polar surface area (TPSA) is 123 Å². The molecule has 1 N–H and O–H groups in total. The minimum atomic E-state index is -5.29. The molecule has 2 aromatic rings. The molecule has 9 nitrogen and oxygen atoms in total. The Bertz CT molecular complexity index is 971. The van der Waals surface area contributed by atoms with Crippen molar-refractivity contribution in [3.63, 3.8) is 0 Å². The molecule has 0 aromatic heterocycles. The number of nitrogens with zero attached hydrogens (tertiary/aromatic N) is 1. The van der Waals surface area contributed by atoms with E-state index in [0.717, 1.165) is 6.07 Å². The quantitative estimate of drug-likeness (QED) is 0.306. The number of nitrogens with one attached hydrogen (secondary N) is 1. The number of benzene rings is 2. The first-order valence-electron chi connectivity index (χ1n) is 9.06. The molecule has 2 aromatic carbocycles. The van der Waals surface area contributed by atoms with Gasteiger partial charge in [-0.2, -0.15) is 0 Å². The van der Waals surface area contributed by atoms with Gasteiger partial charge in [0, 0.05) is 25.3 Å².